The van der Waals surface area contributed by atoms with Gasteiger partial charge in [-0.3, -0.25) is 0 Å². The molecule has 0 unspecified atom stereocenters. The van der Waals surface area contributed by atoms with E-state index in [4.69, 9.17) is 4.74 Å². The van der Waals surface area contributed by atoms with Gasteiger partial charge in [-0.15, -0.1) is 11.8 Å². The highest BCUT2D eigenvalue weighted by Gasteiger charge is 2.30. The summed E-state index contributed by atoms with van der Waals surface area (Å²) in [5.74, 6) is 0.188. The molecule has 35 heavy (non-hydrogen) atoms. The van der Waals surface area contributed by atoms with E-state index in [-0.39, 0.29) is 0 Å². The lowest BCUT2D eigenvalue weighted by Crippen LogP contribution is -2.38. The van der Waals surface area contributed by atoms with Gasteiger partial charge in [0.05, 0.1) is 16.8 Å². The Labute approximate surface area is 204 Å². The van der Waals surface area contributed by atoms with Gasteiger partial charge in [-0.05, 0) is 86.5 Å². The van der Waals surface area contributed by atoms with Crippen LogP contribution in [0.3, 0.4) is 0 Å². The number of alkyl halides is 3. The molecule has 1 N–H and O–H groups in total. The highest BCUT2D eigenvalue weighted by atomic mass is 32.2. The molecule has 182 valence electrons. The largest absolute Gasteiger partial charge is 0.478 e. The SMILES string of the molecule is Cc1cc(SCc2ccc3nn(-c4ccc(C(F)(F)F)cc4)cc3c2)ccc1OC(C)(C)C(=O)O. The van der Waals surface area contributed by atoms with Gasteiger partial charge in [-0.1, -0.05) is 6.07 Å². The number of hydrogen-bond donors (Lipinski definition) is 1. The molecular formula is C26H23F3N2O3S. The zero-order chi connectivity index (χ0) is 25.4. The standard InChI is InChI=1S/C26H23F3N2O3S/c1-16-12-21(9-11-23(16)34-25(2,3)24(32)33)35-15-17-4-10-22-18(13-17)14-31(30-22)20-7-5-19(6-8-20)26(27,28)29/h4-14H,15H2,1-3H3,(H,32,33). The van der Waals surface area contributed by atoms with Gasteiger partial charge in [0.15, 0.2) is 5.60 Å². The number of rotatable bonds is 7. The summed E-state index contributed by atoms with van der Waals surface area (Å²) in [6.45, 7) is 4.89. The van der Waals surface area contributed by atoms with E-state index in [1.165, 1.54) is 26.0 Å². The number of aryl methyl sites for hydroxylation is 1. The molecule has 0 aliphatic rings. The first-order valence-electron chi connectivity index (χ1n) is 10.7. The smallest absolute Gasteiger partial charge is 0.416 e. The van der Waals surface area contributed by atoms with Crippen LogP contribution in [0.2, 0.25) is 0 Å². The Morgan fingerprint density at radius 2 is 1.77 bits per heavy atom. The Morgan fingerprint density at radius 1 is 1.06 bits per heavy atom. The van der Waals surface area contributed by atoms with E-state index in [9.17, 15) is 23.1 Å². The molecule has 0 spiro atoms. The average molecular weight is 501 g/mol. The number of carboxylic acids is 1. The first kappa shape index (κ1) is 24.7. The van der Waals surface area contributed by atoms with Crippen molar-refractivity contribution in [2.24, 2.45) is 0 Å². The quantitative estimate of drug-likeness (QED) is 0.280. The van der Waals surface area contributed by atoms with Gasteiger partial charge in [0.2, 0.25) is 0 Å². The van der Waals surface area contributed by atoms with Crippen LogP contribution in [0.5, 0.6) is 5.75 Å². The monoisotopic (exact) mass is 500 g/mol. The summed E-state index contributed by atoms with van der Waals surface area (Å²) in [6.07, 6.45) is -2.58. The summed E-state index contributed by atoms with van der Waals surface area (Å²) in [5, 5.41) is 14.6. The van der Waals surface area contributed by atoms with Crippen LogP contribution in [-0.4, -0.2) is 26.5 Å². The number of halogens is 3. The van der Waals surface area contributed by atoms with Gasteiger partial charge in [0, 0.05) is 22.2 Å². The third-order valence-electron chi connectivity index (χ3n) is 5.46. The second kappa shape index (κ2) is 9.30. The summed E-state index contributed by atoms with van der Waals surface area (Å²) in [5.41, 5.74) is 1.19. The molecule has 5 nitrogen and oxygen atoms in total. The van der Waals surface area contributed by atoms with Crippen molar-refractivity contribution in [1.82, 2.24) is 9.78 Å². The molecule has 0 radical (unpaired) electrons. The molecule has 4 rings (SSSR count). The predicted octanol–water partition coefficient (Wildman–Crippen LogP) is 6.89. The molecule has 0 saturated heterocycles. The van der Waals surface area contributed by atoms with Gasteiger partial charge >= 0.3 is 12.1 Å². The molecule has 1 aromatic heterocycles. The molecule has 0 aliphatic carbocycles. The molecule has 3 aromatic carbocycles. The molecule has 4 aromatic rings. The molecule has 0 aliphatic heterocycles. The van der Waals surface area contributed by atoms with Crippen molar-refractivity contribution in [3.05, 3.63) is 83.6 Å². The number of aliphatic carboxylic acids is 1. The summed E-state index contributed by atoms with van der Waals surface area (Å²) in [4.78, 5) is 12.3. The fourth-order valence-corrected chi connectivity index (χ4v) is 4.35. The molecule has 0 bridgehead atoms. The van der Waals surface area contributed by atoms with Crippen LogP contribution in [-0.2, 0) is 16.7 Å². The van der Waals surface area contributed by atoms with E-state index < -0.39 is 23.3 Å². The Hall–Kier alpha value is -3.46. The number of fused-ring (bicyclic) bond motifs is 1. The fourth-order valence-electron chi connectivity index (χ4n) is 3.41. The zero-order valence-corrected chi connectivity index (χ0v) is 20.1. The van der Waals surface area contributed by atoms with E-state index in [1.54, 1.807) is 28.7 Å². The summed E-state index contributed by atoms with van der Waals surface area (Å²) < 4.78 is 45.7. The molecular weight excluding hydrogens is 477 g/mol. The maximum Gasteiger partial charge on any atom is 0.416 e. The molecule has 0 atom stereocenters. The number of thioether (sulfide) groups is 1. The van der Waals surface area contributed by atoms with E-state index in [0.717, 1.165) is 39.1 Å². The molecule has 0 amide bonds. The minimum absolute atomic E-state index is 0.527. The minimum Gasteiger partial charge on any atom is -0.478 e. The average Bonchev–Trinajstić information content (AvgIpc) is 3.22. The van der Waals surface area contributed by atoms with Gasteiger partial charge < -0.3 is 9.84 Å². The Morgan fingerprint density at radius 3 is 2.40 bits per heavy atom. The van der Waals surface area contributed by atoms with Crippen LogP contribution in [0, 0.1) is 6.92 Å². The van der Waals surface area contributed by atoms with Crippen molar-refractivity contribution in [1.29, 1.82) is 0 Å². The second-order valence-electron chi connectivity index (χ2n) is 8.64. The van der Waals surface area contributed by atoms with Crippen LogP contribution in [0.1, 0.15) is 30.5 Å². The number of carboxylic acid groups (broad SMARTS) is 1. The van der Waals surface area contributed by atoms with Crippen molar-refractivity contribution >= 4 is 28.6 Å². The first-order valence-corrected chi connectivity index (χ1v) is 11.7. The highest BCUT2D eigenvalue weighted by Crippen LogP contribution is 2.32. The minimum atomic E-state index is -4.37. The van der Waals surface area contributed by atoms with Crippen molar-refractivity contribution < 1.29 is 27.8 Å². The lowest BCUT2D eigenvalue weighted by molar-refractivity contribution is -0.152. The number of carbonyl (C=O) groups is 1. The maximum atomic E-state index is 12.8. The van der Waals surface area contributed by atoms with Crippen molar-refractivity contribution in [2.45, 2.75) is 43.2 Å². The van der Waals surface area contributed by atoms with Crippen molar-refractivity contribution in [2.75, 3.05) is 0 Å². The number of aromatic nitrogens is 2. The van der Waals surface area contributed by atoms with E-state index in [0.29, 0.717) is 17.2 Å². The zero-order valence-electron chi connectivity index (χ0n) is 19.3. The Bertz CT molecular complexity index is 1380. The Kier molecular flexibility index (Phi) is 6.55. The van der Waals surface area contributed by atoms with Crippen molar-refractivity contribution in [3.63, 3.8) is 0 Å². The van der Waals surface area contributed by atoms with E-state index in [2.05, 4.69) is 5.10 Å². The second-order valence-corrected chi connectivity index (χ2v) is 9.69. The fraction of sp³-hybridized carbons (Fsp3) is 0.231. The van der Waals surface area contributed by atoms with Gasteiger partial charge in [0.1, 0.15) is 5.75 Å². The van der Waals surface area contributed by atoms with Crippen molar-refractivity contribution in [3.8, 4) is 11.4 Å². The third-order valence-corrected chi connectivity index (χ3v) is 6.52. The maximum absolute atomic E-state index is 12.8. The normalized spacial score (nSPS) is 12.2. The van der Waals surface area contributed by atoms with Crippen LogP contribution < -0.4 is 4.74 Å². The number of ether oxygens (including phenoxy) is 1. The third kappa shape index (κ3) is 5.62. The summed E-state index contributed by atoms with van der Waals surface area (Å²) >= 11 is 1.63. The number of benzene rings is 3. The number of nitrogens with zero attached hydrogens (tertiary/aromatic N) is 2. The lowest BCUT2D eigenvalue weighted by Gasteiger charge is -2.23. The van der Waals surface area contributed by atoms with E-state index in [1.807, 2.05) is 37.3 Å². The van der Waals surface area contributed by atoms with Gasteiger partial charge in [0.25, 0.3) is 0 Å². The number of hydrogen-bond acceptors (Lipinski definition) is 4. The summed E-state index contributed by atoms with van der Waals surface area (Å²) in [7, 11) is 0. The highest BCUT2D eigenvalue weighted by molar-refractivity contribution is 7.98. The predicted molar refractivity (Wildman–Crippen MR) is 129 cm³/mol. The molecule has 0 fully saturated rings. The molecule has 9 heteroatoms. The van der Waals surface area contributed by atoms with Crippen LogP contribution in [0.25, 0.3) is 16.6 Å². The van der Waals surface area contributed by atoms with Gasteiger partial charge in [-0.25, -0.2) is 9.48 Å². The van der Waals surface area contributed by atoms with Crippen LogP contribution in [0.15, 0.2) is 71.8 Å². The first-order chi connectivity index (χ1) is 16.4. The Balaban J connectivity index is 1.46. The lowest BCUT2D eigenvalue weighted by atomic mass is 10.1. The van der Waals surface area contributed by atoms with Crippen LogP contribution >= 0.6 is 11.8 Å². The van der Waals surface area contributed by atoms with Gasteiger partial charge in [-0.2, -0.15) is 18.3 Å². The summed E-state index contributed by atoms with van der Waals surface area (Å²) in [6, 6.07) is 16.4. The van der Waals surface area contributed by atoms with E-state index >= 15 is 0 Å². The molecule has 1 heterocycles. The van der Waals surface area contributed by atoms with Crippen LogP contribution in [0.4, 0.5) is 13.2 Å². The topological polar surface area (TPSA) is 64.4 Å². The molecule has 0 saturated carbocycles.